The topological polar surface area (TPSA) is 9.23 Å². The molecule has 3 unspecified atom stereocenters. The van der Waals surface area contributed by atoms with E-state index in [1.54, 1.807) is 0 Å². The summed E-state index contributed by atoms with van der Waals surface area (Å²) < 4.78 is 5.44. The molecule has 54 valence electrons. The van der Waals surface area contributed by atoms with Crippen molar-refractivity contribution in [2.45, 2.75) is 19.4 Å². The van der Waals surface area contributed by atoms with E-state index in [4.69, 9.17) is 4.74 Å². The van der Waals surface area contributed by atoms with E-state index in [1.807, 2.05) is 6.26 Å². The molecule has 1 nitrogen and oxygen atoms in total. The molecule has 0 spiro atoms. The van der Waals surface area contributed by atoms with Crippen LogP contribution in [0.25, 0.3) is 0 Å². The first kappa shape index (κ1) is 6.02. The average Bonchev–Trinajstić information content (AvgIpc) is 2.36. The van der Waals surface area contributed by atoms with E-state index < -0.39 is 0 Å². The van der Waals surface area contributed by atoms with Crippen molar-refractivity contribution >= 4 is 0 Å². The number of hydrogen-bond acceptors (Lipinski definition) is 1. The largest absolute Gasteiger partial charge is 0.497 e. The van der Waals surface area contributed by atoms with Crippen LogP contribution >= 0.6 is 0 Å². The summed E-state index contributed by atoms with van der Waals surface area (Å²) in [6.45, 7) is 2.24. The Hall–Kier alpha value is -0.720. The van der Waals surface area contributed by atoms with E-state index >= 15 is 0 Å². The Balaban J connectivity index is 2.19. The molecule has 10 heavy (non-hydrogen) atoms. The molecule has 2 rings (SSSR count). The third-order valence-electron chi connectivity index (χ3n) is 2.34. The fourth-order valence-corrected chi connectivity index (χ4v) is 1.70. The summed E-state index contributed by atoms with van der Waals surface area (Å²) in [5.41, 5.74) is 0. The zero-order valence-corrected chi connectivity index (χ0v) is 6.16. The SMILES string of the molecule is CC1CC=CC2C=COC21. The van der Waals surface area contributed by atoms with Crippen molar-refractivity contribution < 1.29 is 4.74 Å². The molecule has 0 fully saturated rings. The lowest BCUT2D eigenvalue weighted by molar-refractivity contribution is 0.0916. The fourth-order valence-electron chi connectivity index (χ4n) is 1.70. The predicted octanol–water partition coefficient (Wildman–Crippen LogP) is 2.11. The minimum atomic E-state index is 0.435. The van der Waals surface area contributed by atoms with Gasteiger partial charge in [0.15, 0.2) is 0 Å². The van der Waals surface area contributed by atoms with Crippen molar-refractivity contribution in [2.75, 3.05) is 0 Å². The van der Waals surface area contributed by atoms with Crippen molar-refractivity contribution in [1.82, 2.24) is 0 Å². The van der Waals surface area contributed by atoms with Crippen LogP contribution in [0.2, 0.25) is 0 Å². The molecule has 2 aliphatic rings. The molecule has 0 saturated heterocycles. The Morgan fingerprint density at radius 1 is 1.40 bits per heavy atom. The maximum Gasteiger partial charge on any atom is 0.110 e. The van der Waals surface area contributed by atoms with Crippen molar-refractivity contribution in [2.24, 2.45) is 11.8 Å². The predicted molar refractivity (Wildman–Crippen MR) is 40.4 cm³/mol. The number of ether oxygens (including phenoxy) is 1. The molecular weight excluding hydrogens is 124 g/mol. The molecule has 0 aromatic carbocycles. The first-order chi connectivity index (χ1) is 4.88. The van der Waals surface area contributed by atoms with E-state index in [0.717, 1.165) is 0 Å². The zero-order chi connectivity index (χ0) is 6.97. The lowest BCUT2D eigenvalue weighted by atomic mass is 9.86. The highest BCUT2D eigenvalue weighted by Crippen LogP contribution is 2.31. The minimum absolute atomic E-state index is 0.435. The van der Waals surface area contributed by atoms with Gasteiger partial charge in [-0.2, -0.15) is 0 Å². The van der Waals surface area contributed by atoms with Crippen molar-refractivity contribution in [3.05, 3.63) is 24.5 Å². The minimum Gasteiger partial charge on any atom is -0.497 e. The highest BCUT2D eigenvalue weighted by molar-refractivity contribution is 5.11. The van der Waals surface area contributed by atoms with E-state index in [-0.39, 0.29) is 0 Å². The smallest absolute Gasteiger partial charge is 0.110 e. The maximum absolute atomic E-state index is 5.44. The highest BCUT2D eigenvalue weighted by atomic mass is 16.5. The van der Waals surface area contributed by atoms with Gasteiger partial charge in [0.2, 0.25) is 0 Å². The molecule has 1 heterocycles. The monoisotopic (exact) mass is 136 g/mol. The van der Waals surface area contributed by atoms with Gasteiger partial charge in [-0.1, -0.05) is 19.1 Å². The van der Waals surface area contributed by atoms with Gasteiger partial charge in [-0.25, -0.2) is 0 Å². The summed E-state index contributed by atoms with van der Waals surface area (Å²) in [4.78, 5) is 0. The van der Waals surface area contributed by atoms with Crippen LogP contribution in [0.5, 0.6) is 0 Å². The van der Waals surface area contributed by atoms with Gasteiger partial charge in [0.05, 0.1) is 6.26 Å². The highest BCUT2D eigenvalue weighted by Gasteiger charge is 2.29. The number of fused-ring (bicyclic) bond motifs is 1. The van der Waals surface area contributed by atoms with Gasteiger partial charge in [-0.05, 0) is 18.4 Å². The first-order valence-electron chi connectivity index (χ1n) is 3.87. The number of rotatable bonds is 0. The summed E-state index contributed by atoms with van der Waals surface area (Å²) >= 11 is 0. The summed E-state index contributed by atoms with van der Waals surface area (Å²) in [6, 6.07) is 0. The molecule has 1 heteroatoms. The normalized spacial score (nSPS) is 43.1. The zero-order valence-electron chi connectivity index (χ0n) is 6.16. The van der Waals surface area contributed by atoms with Crippen LogP contribution in [0, 0.1) is 11.8 Å². The van der Waals surface area contributed by atoms with Gasteiger partial charge in [-0.3, -0.25) is 0 Å². The van der Waals surface area contributed by atoms with Gasteiger partial charge in [-0.15, -0.1) is 0 Å². The van der Waals surface area contributed by atoms with Gasteiger partial charge in [0.25, 0.3) is 0 Å². The molecule has 1 aliphatic heterocycles. The van der Waals surface area contributed by atoms with Crippen LogP contribution in [0.4, 0.5) is 0 Å². The van der Waals surface area contributed by atoms with Crippen molar-refractivity contribution in [1.29, 1.82) is 0 Å². The Morgan fingerprint density at radius 2 is 2.30 bits per heavy atom. The first-order valence-corrected chi connectivity index (χ1v) is 3.87. The Labute approximate surface area is 61.4 Å². The standard InChI is InChI=1S/C9H12O/c1-7-3-2-4-8-5-6-10-9(7)8/h2,4-9H,3H2,1H3. The van der Waals surface area contributed by atoms with Crippen LogP contribution in [-0.2, 0) is 4.74 Å². The molecule has 0 amide bonds. The third-order valence-corrected chi connectivity index (χ3v) is 2.34. The van der Waals surface area contributed by atoms with Gasteiger partial charge in [0, 0.05) is 5.92 Å². The summed E-state index contributed by atoms with van der Waals surface area (Å²) in [7, 11) is 0. The lowest BCUT2D eigenvalue weighted by Crippen LogP contribution is -2.25. The van der Waals surface area contributed by atoms with Gasteiger partial charge in [0.1, 0.15) is 6.10 Å². The molecule has 0 N–H and O–H groups in total. The maximum atomic E-state index is 5.44. The van der Waals surface area contributed by atoms with Crippen LogP contribution < -0.4 is 0 Å². The van der Waals surface area contributed by atoms with Crippen LogP contribution in [0.15, 0.2) is 24.5 Å². The molecule has 0 aromatic rings. The average molecular weight is 136 g/mol. The summed E-state index contributed by atoms with van der Waals surface area (Å²) in [5, 5.41) is 0. The molecule has 0 saturated carbocycles. The van der Waals surface area contributed by atoms with Crippen molar-refractivity contribution in [3.8, 4) is 0 Å². The third kappa shape index (κ3) is 0.772. The second-order valence-corrected chi connectivity index (χ2v) is 3.15. The Kier molecular flexibility index (Phi) is 1.30. The molecule has 1 aliphatic carbocycles. The van der Waals surface area contributed by atoms with Crippen LogP contribution in [0.1, 0.15) is 13.3 Å². The second kappa shape index (κ2) is 2.15. The second-order valence-electron chi connectivity index (χ2n) is 3.15. The van der Waals surface area contributed by atoms with E-state index in [1.165, 1.54) is 6.42 Å². The Morgan fingerprint density at radius 3 is 3.10 bits per heavy atom. The number of hydrogen-bond donors (Lipinski definition) is 0. The molecule has 0 radical (unpaired) electrons. The Bertz CT molecular complexity index is 181. The quantitative estimate of drug-likeness (QED) is 0.463. The molecule has 3 atom stereocenters. The molecule has 0 aromatic heterocycles. The van der Waals surface area contributed by atoms with E-state index in [9.17, 15) is 0 Å². The van der Waals surface area contributed by atoms with Gasteiger partial charge >= 0.3 is 0 Å². The van der Waals surface area contributed by atoms with Crippen LogP contribution in [-0.4, -0.2) is 6.10 Å². The summed E-state index contributed by atoms with van der Waals surface area (Å²) in [5.74, 6) is 1.24. The van der Waals surface area contributed by atoms with E-state index in [2.05, 4.69) is 25.2 Å². The van der Waals surface area contributed by atoms with Gasteiger partial charge < -0.3 is 4.74 Å². The molecular formula is C9H12O. The lowest BCUT2D eigenvalue weighted by Gasteiger charge is -2.25. The van der Waals surface area contributed by atoms with E-state index in [0.29, 0.717) is 17.9 Å². The van der Waals surface area contributed by atoms with Crippen LogP contribution in [0.3, 0.4) is 0 Å². The molecule has 0 bridgehead atoms. The number of allylic oxidation sites excluding steroid dienone is 1. The fraction of sp³-hybridized carbons (Fsp3) is 0.556. The van der Waals surface area contributed by atoms with Crippen molar-refractivity contribution in [3.63, 3.8) is 0 Å². The summed E-state index contributed by atoms with van der Waals surface area (Å²) in [6.07, 6.45) is 10.1.